The molecule has 0 aliphatic carbocycles. The summed E-state index contributed by atoms with van der Waals surface area (Å²) in [6.07, 6.45) is 1.65. The molecule has 3 aromatic rings. The maximum Gasteiger partial charge on any atom is 0.262 e. The Morgan fingerprint density at radius 1 is 1.00 bits per heavy atom. The number of anilines is 1. The first-order chi connectivity index (χ1) is 14.7. The van der Waals surface area contributed by atoms with Crippen LogP contribution in [0.2, 0.25) is 0 Å². The molecule has 3 aromatic carbocycles. The van der Waals surface area contributed by atoms with Crippen molar-refractivity contribution in [3.05, 3.63) is 93.6 Å². The second kappa shape index (κ2) is 8.32. The quantitative estimate of drug-likeness (QED) is 0.530. The fraction of sp³-hybridized carbons (Fsp3) is 0.125. The van der Waals surface area contributed by atoms with Gasteiger partial charge in [0, 0.05) is 4.90 Å². The fourth-order valence-electron chi connectivity index (χ4n) is 3.39. The molecule has 0 saturated carbocycles. The molecule has 1 N–H and O–H groups in total. The molecule has 0 saturated heterocycles. The van der Waals surface area contributed by atoms with Crippen molar-refractivity contribution in [1.82, 2.24) is 0 Å². The van der Waals surface area contributed by atoms with Crippen LogP contribution in [-0.4, -0.2) is 14.3 Å². The second-order valence-corrected chi connectivity index (χ2v) is 10.5. The highest BCUT2D eigenvalue weighted by atomic mass is 32.2. The summed E-state index contributed by atoms with van der Waals surface area (Å²) in [6.45, 7) is 3.81. The van der Waals surface area contributed by atoms with Gasteiger partial charge in [-0.1, -0.05) is 42.1 Å². The van der Waals surface area contributed by atoms with Crippen LogP contribution in [0.25, 0.3) is 6.08 Å². The van der Waals surface area contributed by atoms with E-state index in [1.807, 2.05) is 32.0 Å². The molecule has 4 nitrogen and oxygen atoms in total. The molecule has 0 unspecified atom stereocenters. The molecule has 0 bridgehead atoms. The first kappa shape index (κ1) is 21.3. The van der Waals surface area contributed by atoms with Crippen LogP contribution in [-0.2, 0) is 20.4 Å². The largest absolute Gasteiger partial charge is 0.320 e. The van der Waals surface area contributed by atoms with Gasteiger partial charge in [-0.05, 0) is 72.5 Å². The summed E-state index contributed by atoms with van der Waals surface area (Å²) < 4.78 is 39.4. The van der Waals surface area contributed by atoms with Crippen LogP contribution in [0.4, 0.5) is 10.1 Å². The van der Waals surface area contributed by atoms with Crippen LogP contribution >= 0.6 is 11.8 Å². The number of thioether (sulfide) groups is 1. The third-order valence-corrected chi connectivity index (χ3v) is 7.87. The molecule has 0 radical (unpaired) electrons. The number of sulfone groups is 1. The number of fused-ring (bicyclic) bond motifs is 1. The lowest BCUT2D eigenvalue weighted by Gasteiger charge is -2.20. The zero-order valence-electron chi connectivity index (χ0n) is 17.0. The number of rotatable bonds is 4. The molecule has 0 aromatic heterocycles. The Morgan fingerprint density at radius 2 is 1.68 bits per heavy atom. The number of nitrogens with one attached hydrogen (secondary N) is 1. The SMILES string of the molecule is Cc1cccc(C)c1CS(=O)(=O)c1ccc2c(c1)SC(=Cc1ccc(F)cc1)C(=O)N2. The summed E-state index contributed by atoms with van der Waals surface area (Å²) in [7, 11) is -3.57. The number of halogens is 1. The van der Waals surface area contributed by atoms with Gasteiger partial charge in [-0.2, -0.15) is 0 Å². The molecular weight excluding hydrogens is 433 g/mol. The molecular formula is C24H20FNO3S2. The first-order valence-electron chi connectivity index (χ1n) is 9.61. The van der Waals surface area contributed by atoms with Crippen LogP contribution in [0.5, 0.6) is 0 Å². The van der Waals surface area contributed by atoms with Gasteiger partial charge in [0.2, 0.25) is 0 Å². The van der Waals surface area contributed by atoms with E-state index >= 15 is 0 Å². The maximum atomic E-state index is 13.1. The number of hydrogen-bond acceptors (Lipinski definition) is 4. The average Bonchev–Trinajstić information content (AvgIpc) is 2.73. The average molecular weight is 454 g/mol. The Balaban J connectivity index is 1.65. The topological polar surface area (TPSA) is 63.2 Å². The predicted molar refractivity (Wildman–Crippen MR) is 122 cm³/mol. The zero-order chi connectivity index (χ0) is 22.2. The van der Waals surface area contributed by atoms with Crippen LogP contribution in [0.3, 0.4) is 0 Å². The van der Waals surface area contributed by atoms with E-state index in [4.69, 9.17) is 0 Å². The van der Waals surface area contributed by atoms with Gasteiger partial charge in [0.15, 0.2) is 9.84 Å². The van der Waals surface area contributed by atoms with Crippen LogP contribution in [0.1, 0.15) is 22.3 Å². The van der Waals surface area contributed by atoms with Crippen molar-refractivity contribution < 1.29 is 17.6 Å². The van der Waals surface area contributed by atoms with E-state index in [-0.39, 0.29) is 22.4 Å². The monoisotopic (exact) mass is 453 g/mol. The van der Waals surface area contributed by atoms with Crippen molar-refractivity contribution in [2.24, 2.45) is 0 Å². The van der Waals surface area contributed by atoms with Crippen molar-refractivity contribution in [1.29, 1.82) is 0 Å². The molecule has 1 aliphatic rings. The number of amides is 1. The third kappa shape index (κ3) is 4.57. The van der Waals surface area contributed by atoms with Crippen LogP contribution in [0.15, 0.2) is 75.4 Å². The van der Waals surface area contributed by atoms with Gasteiger partial charge in [0.1, 0.15) is 5.82 Å². The summed E-state index contributed by atoms with van der Waals surface area (Å²) in [5.74, 6) is -0.723. The standard InChI is InChI=1S/C24H20FNO3S2/c1-15-4-3-5-16(2)20(15)14-31(28,29)19-10-11-21-22(13-19)30-23(24(27)26-21)12-17-6-8-18(25)9-7-17/h3-13H,14H2,1-2H3,(H,26,27). The highest BCUT2D eigenvalue weighted by Gasteiger charge is 2.25. The minimum Gasteiger partial charge on any atom is -0.320 e. The Kier molecular flexibility index (Phi) is 5.73. The molecule has 31 heavy (non-hydrogen) atoms. The van der Waals surface area contributed by atoms with Gasteiger partial charge in [0.05, 0.1) is 21.2 Å². The minimum absolute atomic E-state index is 0.0837. The molecule has 1 heterocycles. The lowest BCUT2D eigenvalue weighted by molar-refractivity contribution is -0.112. The van der Waals surface area contributed by atoms with Crippen molar-refractivity contribution >= 4 is 39.3 Å². The van der Waals surface area contributed by atoms with Crippen molar-refractivity contribution in [3.8, 4) is 0 Å². The van der Waals surface area contributed by atoms with E-state index < -0.39 is 9.84 Å². The molecule has 1 aliphatic heterocycles. The Labute approximate surface area is 185 Å². The van der Waals surface area contributed by atoms with Crippen molar-refractivity contribution in [2.75, 3.05) is 5.32 Å². The normalized spacial score (nSPS) is 14.9. The number of benzene rings is 3. The summed E-state index contributed by atoms with van der Waals surface area (Å²) in [6, 6.07) is 16.3. The molecule has 7 heteroatoms. The molecule has 1 amide bonds. The van der Waals surface area contributed by atoms with Crippen LogP contribution in [0, 0.1) is 19.7 Å². The van der Waals surface area contributed by atoms with E-state index in [0.717, 1.165) is 16.7 Å². The molecule has 0 fully saturated rings. The molecule has 0 spiro atoms. The van der Waals surface area contributed by atoms with E-state index in [9.17, 15) is 17.6 Å². The summed E-state index contributed by atoms with van der Waals surface area (Å²) in [4.78, 5) is 13.7. The van der Waals surface area contributed by atoms with E-state index in [2.05, 4.69) is 5.32 Å². The Hall–Kier alpha value is -2.90. The molecule has 0 atom stereocenters. The second-order valence-electron chi connectivity index (χ2n) is 7.40. The lowest BCUT2D eigenvalue weighted by Crippen LogP contribution is -2.17. The number of carbonyl (C=O) groups is 1. The number of aryl methyl sites for hydroxylation is 2. The lowest BCUT2D eigenvalue weighted by atomic mass is 10.1. The third-order valence-electron chi connectivity index (χ3n) is 5.15. The van der Waals surface area contributed by atoms with E-state index in [1.54, 1.807) is 30.3 Å². The Morgan fingerprint density at radius 3 is 2.35 bits per heavy atom. The van der Waals surface area contributed by atoms with Crippen LogP contribution < -0.4 is 5.32 Å². The van der Waals surface area contributed by atoms with Gasteiger partial charge >= 0.3 is 0 Å². The molecule has 158 valence electrons. The minimum atomic E-state index is -3.57. The summed E-state index contributed by atoms with van der Waals surface area (Å²) in [5, 5.41) is 2.79. The predicted octanol–water partition coefficient (Wildman–Crippen LogP) is 5.50. The summed E-state index contributed by atoms with van der Waals surface area (Å²) in [5.41, 5.74) is 3.93. The maximum absolute atomic E-state index is 13.1. The zero-order valence-corrected chi connectivity index (χ0v) is 18.6. The van der Waals surface area contributed by atoms with E-state index in [1.165, 1.54) is 30.0 Å². The first-order valence-corrected chi connectivity index (χ1v) is 12.1. The van der Waals surface area contributed by atoms with E-state index in [0.29, 0.717) is 21.1 Å². The number of hydrogen-bond donors (Lipinski definition) is 1. The number of carbonyl (C=O) groups excluding carboxylic acids is 1. The fourth-order valence-corrected chi connectivity index (χ4v) is 6.03. The van der Waals surface area contributed by atoms with Gasteiger partial charge < -0.3 is 5.32 Å². The highest BCUT2D eigenvalue weighted by molar-refractivity contribution is 8.04. The molecule has 4 rings (SSSR count). The highest BCUT2D eigenvalue weighted by Crippen LogP contribution is 2.40. The summed E-state index contributed by atoms with van der Waals surface area (Å²) >= 11 is 1.20. The van der Waals surface area contributed by atoms with Gasteiger partial charge in [-0.25, -0.2) is 12.8 Å². The smallest absolute Gasteiger partial charge is 0.262 e. The van der Waals surface area contributed by atoms with Gasteiger partial charge in [-0.15, -0.1) is 0 Å². The van der Waals surface area contributed by atoms with Crippen molar-refractivity contribution in [3.63, 3.8) is 0 Å². The van der Waals surface area contributed by atoms with Gasteiger partial charge in [-0.3, -0.25) is 4.79 Å². The van der Waals surface area contributed by atoms with Gasteiger partial charge in [0.25, 0.3) is 5.91 Å². The van der Waals surface area contributed by atoms with Crippen molar-refractivity contribution in [2.45, 2.75) is 29.4 Å². The Bertz CT molecular complexity index is 1290.